The average molecular weight is 745 g/mol. The van der Waals surface area contributed by atoms with E-state index < -0.39 is 11.6 Å². The highest BCUT2D eigenvalue weighted by molar-refractivity contribution is 7.19. The first-order valence-corrected chi connectivity index (χ1v) is 21.0. The number of hydrogen-bond acceptors (Lipinski definition) is 6. The van der Waals surface area contributed by atoms with E-state index in [4.69, 9.17) is 9.73 Å². The molecule has 1 aromatic carbocycles. The van der Waals surface area contributed by atoms with Gasteiger partial charge in [0.2, 0.25) is 5.88 Å². The minimum absolute atomic E-state index is 0.0237. The first-order chi connectivity index (χ1) is 25.3. The van der Waals surface area contributed by atoms with Gasteiger partial charge in [0.25, 0.3) is 0 Å². The molecule has 4 unspecified atom stereocenters. The molecule has 1 aliphatic carbocycles. The number of allylic oxidation sites excluding steroid dienone is 7. The molecule has 5 nitrogen and oxygen atoms in total. The Labute approximate surface area is 322 Å². The summed E-state index contributed by atoms with van der Waals surface area (Å²) < 4.78 is 39.3. The lowest BCUT2D eigenvalue weighted by Gasteiger charge is -2.38. The largest absolute Gasteiger partial charge is 0.476 e. The van der Waals surface area contributed by atoms with Gasteiger partial charge < -0.3 is 9.64 Å². The van der Waals surface area contributed by atoms with Gasteiger partial charge in [-0.3, -0.25) is 4.90 Å². The average Bonchev–Trinajstić information content (AvgIpc) is 3.80. The lowest BCUT2D eigenvalue weighted by atomic mass is 9.88. The van der Waals surface area contributed by atoms with Crippen molar-refractivity contribution in [1.29, 1.82) is 5.26 Å². The quantitative estimate of drug-likeness (QED) is 0.170. The number of fused-ring (bicyclic) bond motifs is 2. The van der Waals surface area contributed by atoms with Gasteiger partial charge in [-0.05, 0) is 112 Å². The smallest absolute Gasteiger partial charge is 0.209 e. The summed E-state index contributed by atoms with van der Waals surface area (Å²) >= 11 is 1.29. The zero-order valence-electron chi connectivity index (χ0n) is 33.9. The molecule has 5 rings (SSSR count). The standard InChI is InChI=1S/C45H62F2N4OS/c1-11-15-41(52-27-45-20-14-21-50(45)26-31(9)24-45)49-39-23-35(33-17-18-37(46)44-42(33)36(25-48)43(53-44)29(6)7)38(47)22-34(39)32(10)51(13-3)40(28(4)5)19-16-30(8)12-2/h15,17-18,22-23,28-31,40H,11-14,16,19-21,24,26-27H2,1-10H3/b34-32+,41-15-,49-39-. The zero-order chi connectivity index (χ0) is 38.6. The predicted molar refractivity (Wildman–Crippen MR) is 219 cm³/mol. The summed E-state index contributed by atoms with van der Waals surface area (Å²) in [5.74, 6) is 1.40. The van der Waals surface area contributed by atoms with Crippen LogP contribution in [-0.2, 0) is 4.74 Å². The van der Waals surface area contributed by atoms with Gasteiger partial charge in [0.05, 0.1) is 21.5 Å². The van der Waals surface area contributed by atoms with Crippen LogP contribution in [0.15, 0.2) is 58.3 Å². The Bertz CT molecular complexity index is 1840. The van der Waals surface area contributed by atoms with Gasteiger partial charge in [0.1, 0.15) is 24.3 Å². The molecule has 0 amide bonds. The molecule has 3 heterocycles. The normalized spacial score (nSPS) is 23.8. The molecule has 0 spiro atoms. The molecule has 4 atom stereocenters. The Balaban J connectivity index is 1.67. The van der Waals surface area contributed by atoms with Crippen LogP contribution in [0.1, 0.15) is 136 Å². The van der Waals surface area contributed by atoms with Crippen molar-refractivity contribution in [3.8, 4) is 6.07 Å². The Morgan fingerprint density at radius 1 is 1.15 bits per heavy atom. The number of benzene rings is 1. The highest BCUT2D eigenvalue weighted by atomic mass is 32.1. The van der Waals surface area contributed by atoms with Crippen molar-refractivity contribution in [3.05, 3.63) is 75.2 Å². The molecule has 2 aliphatic heterocycles. The lowest BCUT2D eigenvalue weighted by molar-refractivity contribution is 0.0718. The van der Waals surface area contributed by atoms with Crippen LogP contribution >= 0.6 is 11.3 Å². The molecule has 0 N–H and O–H groups in total. The second-order valence-electron chi connectivity index (χ2n) is 16.5. The summed E-state index contributed by atoms with van der Waals surface area (Å²) in [4.78, 5) is 11.1. The molecule has 2 aromatic rings. The SMILES string of the molecule is CC/C=C(/N=C1/C=C(c2ccc(F)c3sc(C(C)C)c(C#N)c23)C(F)=C/C1=C(/C)N(CC)C(CCC(C)CC)C(C)C)OCC12CCCN1CC(C)C2. The Morgan fingerprint density at radius 3 is 2.55 bits per heavy atom. The summed E-state index contributed by atoms with van der Waals surface area (Å²) in [6.07, 6.45) is 12.9. The van der Waals surface area contributed by atoms with Crippen LogP contribution in [0.4, 0.5) is 8.78 Å². The zero-order valence-corrected chi connectivity index (χ0v) is 34.7. The van der Waals surface area contributed by atoms with E-state index in [2.05, 4.69) is 71.3 Å². The van der Waals surface area contributed by atoms with Crippen LogP contribution in [0.25, 0.3) is 15.7 Å². The maximum absolute atomic E-state index is 16.9. The summed E-state index contributed by atoms with van der Waals surface area (Å²) in [6.45, 7) is 25.3. The molecule has 1 aromatic heterocycles. The highest BCUT2D eigenvalue weighted by Gasteiger charge is 2.47. The molecule has 0 radical (unpaired) electrons. The first kappa shape index (κ1) is 40.9. The minimum atomic E-state index is -0.425. The first-order valence-electron chi connectivity index (χ1n) is 20.2. The highest BCUT2D eigenvalue weighted by Crippen LogP contribution is 2.45. The van der Waals surface area contributed by atoms with Crippen LogP contribution < -0.4 is 0 Å². The number of rotatable bonds is 15. The van der Waals surface area contributed by atoms with Crippen LogP contribution in [0.3, 0.4) is 0 Å². The van der Waals surface area contributed by atoms with Crippen molar-refractivity contribution in [2.24, 2.45) is 22.7 Å². The summed E-state index contributed by atoms with van der Waals surface area (Å²) in [5.41, 5.74) is 3.55. The van der Waals surface area contributed by atoms with E-state index in [0.29, 0.717) is 62.7 Å². The van der Waals surface area contributed by atoms with E-state index in [-0.39, 0.29) is 17.5 Å². The molecule has 288 valence electrons. The van der Waals surface area contributed by atoms with Crippen molar-refractivity contribution < 1.29 is 13.5 Å². The summed E-state index contributed by atoms with van der Waals surface area (Å²) in [7, 11) is 0. The number of nitriles is 1. The Kier molecular flexibility index (Phi) is 13.5. The number of nitrogens with zero attached hydrogens (tertiary/aromatic N) is 4. The van der Waals surface area contributed by atoms with Crippen molar-refractivity contribution in [2.75, 3.05) is 26.2 Å². The van der Waals surface area contributed by atoms with Crippen LogP contribution in [0.2, 0.25) is 0 Å². The third-order valence-electron chi connectivity index (χ3n) is 11.9. The van der Waals surface area contributed by atoms with Crippen LogP contribution in [0, 0.1) is 34.9 Å². The Morgan fingerprint density at radius 2 is 1.91 bits per heavy atom. The van der Waals surface area contributed by atoms with Gasteiger partial charge in [0.15, 0.2) is 0 Å². The molecule has 0 saturated carbocycles. The number of halogens is 2. The maximum atomic E-state index is 16.9. The molecular formula is C45H62F2N4OS. The van der Waals surface area contributed by atoms with Gasteiger partial charge in [-0.25, -0.2) is 13.8 Å². The number of thiophene rings is 1. The van der Waals surface area contributed by atoms with Crippen molar-refractivity contribution in [2.45, 2.75) is 132 Å². The topological polar surface area (TPSA) is 51.9 Å². The second-order valence-corrected chi connectivity index (χ2v) is 17.5. The van der Waals surface area contributed by atoms with Crippen molar-refractivity contribution in [1.82, 2.24) is 9.80 Å². The van der Waals surface area contributed by atoms with Gasteiger partial charge >= 0.3 is 0 Å². The van der Waals surface area contributed by atoms with Gasteiger partial charge in [-0.1, -0.05) is 67.9 Å². The molecule has 2 saturated heterocycles. The summed E-state index contributed by atoms with van der Waals surface area (Å²) in [6, 6.07) is 5.62. The summed E-state index contributed by atoms with van der Waals surface area (Å²) in [5, 5.41) is 10.8. The van der Waals surface area contributed by atoms with E-state index in [1.54, 1.807) is 18.2 Å². The van der Waals surface area contributed by atoms with Crippen LogP contribution in [0.5, 0.6) is 0 Å². The third-order valence-corrected chi connectivity index (χ3v) is 13.4. The van der Waals surface area contributed by atoms with Gasteiger partial charge in [-0.2, -0.15) is 5.26 Å². The number of hydrogen-bond donors (Lipinski definition) is 0. The molecule has 0 bridgehead atoms. The van der Waals surface area contributed by atoms with Gasteiger partial charge in [0, 0.05) is 46.2 Å². The third kappa shape index (κ3) is 8.52. The molecule has 53 heavy (non-hydrogen) atoms. The van der Waals surface area contributed by atoms with Crippen molar-refractivity contribution >= 4 is 32.7 Å². The van der Waals surface area contributed by atoms with E-state index >= 15 is 8.78 Å². The molecular weight excluding hydrogens is 683 g/mol. The fourth-order valence-electron chi connectivity index (χ4n) is 8.93. The molecule has 2 fully saturated rings. The fourth-order valence-corrected chi connectivity index (χ4v) is 10.1. The number of ether oxygens (including phenoxy) is 1. The molecule has 8 heteroatoms. The van der Waals surface area contributed by atoms with Crippen molar-refractivity contribution in [3.63, 3.8) is 0 Å². The number of aliphatic imine (C=N–C) groups is 1. The maximum Gasteiger partial charge on any atom is 0.209 e. The predicted octanol–water partition coefficient (Wildman–Crippen LogP) is 12.3. The lowest BCUT2D eigenvalue weighted by Crippen LogP contribution is -2.42. The fraction of sp³-hybridized carbons (Fsp3) is 0.600. The van der Waals surface area contributed by atoms with Crippen LogP contribution in [-0.4, -0.2) is 53.3 Å². The van der Waals surface area contributed by atoms with E-state index in [9.17, 15) is 5.26 Å². The van der Waals surface area contributed by atoms with E-state index in [1.807, 2.05) is 19.9 Å². The monoisotopic (exact) mass is 744 g/mol. The molecule has 3 aliphatic rings. The minimum Gasteiger partial charge on any atom is -0.476 e. The Hall–Kier alpha value is -3.28. The van der Waals surface area contributed by atoms with E-state index in [0.717, 1.165) is 74.3 Å². The van der Waals surface area contributed by atoms with E-state index in [1.165, 1.54) is 23.8 Å². The second kappa shape index (κ2) is 17.5. The van der Waals surface area contributed by atoms with Gasteiger partial charge in [-0.15, -0.1) is 11.3 Å².